The molecule has 0 aliphatic carbocycles. The minimum atomic E-state index is -0.450. The van der Waals surface area contributed by atoms with Crippen LogP contribution in [0.5, 0.6) is 0 Å². The first-order valence-corrected chi connectivity index (χ1v) is 8.83. The number of benzene rings is 2. The molecule has 0 spiro atoms. The van der Waals surface area contributed by atoms with Gasteiger partial charge in [-0.2, -0.15) is 5.26 Å². The number of carbonyl (C=O) groups excluding carboxylic acids is 1. The Morgan fingerprint density at radius 3 is 2.44 bits per heavy atom. The largest absolute Gasteiger partial charge is 0.451 e. The Kier molecular flexibility index (Phi) is 4.61. The molecule has 4 rings (SSSR count). The lowest BCUT2D eigenvalue weighted by Crippen LogP contribution is -2.49. The van der Waals surface area contributed by atoms with Crippen LogP contribution in [0.2, 0.25) is 0 Å². The molecule has 6 heteroatoms. The van der Waals surface area contributed by atoms with Gasteiger partial charge in [-0.25, -0.2) is 4.39 Å². The maximum atomic E-state index is 13.1. The smallest absolute Gasteiger partial charge is 0.289 e. The van der Waals surface area contributed by atoms with Crippen LogP contribution in [-0.4, -0.2) is 41.9 Å². The third kappa shape index (κ3) is 3.42. The maximum Gasteiger partial charge on any atom is 0.289 e. The normalized spacial score (nSPS) is 16.2. The maximum absolute atomic E-state index is 13.1. The van der Waals surface area contributed by atoms with E-state index in [9.17, 15) is 14.4 Å². The molecule has 0 bridgehead atoms. The van der Waals surface area contributed by atoms with Crippen LogP contribution in [-0.2, 0) is 0 Å². The van der Waals surface area contributed by atoms with E-state index in [2.05, 4.69) is 6.07 Å². The molecule has 136 valence electrons. The molecule has 1 amide bonds. The van der Waals surface area contributed by atoms with E-state index in [4.69, 9.17) is 4.42 Å². The topological polar surface area (TPSA) is 60.5 Å². The van der Waals surface area contributed by atoms with Crippen LogP contribution in [0.15, 0.2) is 59.0 Å². The number of fused-ring (bicyclic) bond motifs is 1. The number of carbonyl (C=O) groups is 1. The zero-order chi connectivity index (χ0) is 18.8. The number of piperazine rings is 1. The lowest BCUT2D eigenvalue weighted by molar-refractivity contribution is 0.0578. The van der Waals surface area contributed by atoms with Crippen molar-refractivity contribution in [1.82, 2.24) is 9.80 Å². The average molecular weight is 363 g/mol. The summed E-state index contributed by atoms with van der Waals surface area (Å²) < 4.78 is 18.8. The third-order valence-electron chi connectivity index (χ3n) is 4.91. The van der Waals surface area contributed by atoms with Gasteiger partial charge >= 0.3 is 0 Å². The van der Waals surface area contributed by atoms with Crippen LogP contribution >= 0.6 is 0 Å². The second-order valence-electron chi connectivity index (χ2n) is 6.56. The molecule has 1 aromatic heterocycles. The average Bonchev–Trinajstić information content (AvgIpc) is 3.14. The minimum absolute atomic E-state index is 0.138. The van der Waals surface area contributed by atoms with Gasteiger partial charge in [-0.15, -0.1) is 0 Å². The highest BCUT2D eigenvalue weighted by atomic mass is 19.1. The van der Waals surface area contributed by atoms with Crippen molar-refractivity contribution in [3.63, 3.8) is 0 Å². The Morgan fingerprint density at radius 2 is 1.78 bits per heavy atom. The molecule has 1 aliphatic heterocycles. The zero-order valence-corrected chi connectivity index (χ0v) is 14.6. The molecule has 1 aliphatic rings. The summed E-state index contributed by atoms with van der Waals surface area (Å²) in [5.74, 6) is -0.127. The van der Waals surface area contributed by atoms with E-state index in [0.29, 0.717) is 37.5 Å². The molecule has 3 aromatic rings. The van der Waals surface area contributed by atoms with Crippen molar-refractivity contribution in [1.29, 1.82) is 5.26 Å². The predicted molar refractivity (Wildman–Crippen MR) is 98.4 cm³/mol. The van der Waals surface area contributed by atoms with Gasteiger partial charge in [0.1, 0.15) is 17.4 Å². The zero-order valence-electron chi connectivity index (χ0n) is 14.6. The quantitative estimate of drug-likeness (QED) is 0.713. The highest BCUT2D eigenvalue weighted by molar-refractivity contribution is 5.96. The van der Waals surface area contributed by atoms with E-state index in [1.165, 1.54) is 12.1 Å². The first-order chi connectivity index (χ1) is 13.2. The van der Waals surface area contributed by atoms with Gasteiger partial charge in [0.2, 0.25) is 0 Å². The van der Waals surface area contributed by atoms with E-state index in [-0.39, 0.29) is 11.7 Å². The lowest BCUT2D eigenvalue weighted by atomic mass is 10.1. The van der Waals surface area contributed by atoms with E-state index >= 15 is 0 Å². The van der Waals surface area contributed by atoms with Crippen LogP contribution < -0.4 is 0 Å². The summed E-state index contributed by atoms with van der Waals surface area (Å²) >= 11 is 0. The summed E-state index contributed by atoms with van der Waals surface area (Å²) in [5, 5.41) is 10.5. The summed E-state index contributed by atoms with van der Waals surface area (Å²) in [6, 6.07) is 17.1. The monoisotopic (exact) mass is 363 g/mol. The fraction of sp³-hybridized carbons (Fsp3) is 0.238. The second kappa shape index (κ2) is 7.22. The van der Waals surface area contributed by atoms with E-state index in [0.717, 1.165) is 10.9 Å². The van der Waals surface area contributed by atoms with Gasteiger partial charge in [-0.1, -0.05) is 30.3 Å². The summed E-state index contributed by atoms with van der Waals surface area (Å²) in [5.41, 5.74) is 1.45. The van der Waals surface area contributed by atoms with Gasteiger partial charge in [-0.3, -0.25) is 9.69 Å². The Labute approximate surface area is 156 Å². The van der Waals surface area contributed by atoms with Crippen LogP contribution in [0.4, 0.5) is 4.39 Å². The van der Waals surface area contributed by atoms with Crippen molar-refractivity contribution in [3.05, 3.63) is 71.7 Å². The molecular weight excluding hydrogens is 345 g/mol. The summed E-state index contributed by atoms with van der Waals surface area (Å²) in [4.78, 5) is 16.5. The van der Waals surface area contributed by atoms with Crippen molar-refractivity contribution in [3.8, 4) is 6.07 Å². The Hall–Kier alpha value is -3.17. The van der Waals surface area contributed by atoms with Crippen LogP contribution in [0, 0.1) is 17.1 Å². The van der Waals surface area contributed by atoms with Crippen LogP contribution in [0.3, 0.4) is 0 Å². The minimum Gasteiger partial charge on any atom is -0.451 e. The fourth-order valence-corrected chi connectivity index (χ4v) is 3.44. The number of halogens is 1. The highest BCUT2D eigenvalue weighted by Crippen LogP contribution is 2.24. The van der Waals surface area contributed by atoms with Gasteiger partial charge in [-0.05, 0) is 29.8 Å². The SMILES string of the molecule is N#CC(c1ccc(F)cc1)N1CCN(C(=O)c2cc3ccccc3o2)CC1. The van der Waals surface area contributed by atoms with Crippen molar-refractivity contribution < 1.29 is 13.6 Å². The van der Waals surface area contributed by atoms with Gasteiger partial charge in [0.05, 0.1) is 6.07 Å². The fourth-order valence-electron chi connectivity index (χ4n) is 3.44. The summed E-state index contributed by atoms with van der Waals surface area (Å²) in [6.07, 6.45) is 0. The second-order valence-corrected chi connectivity index (χ2v) is 6.56. The standard InChI is InChI=1S/C21H18FN3O2/c22-17-7-5-15(6-8-17)18(14-23)24-9-11-25(12-10-24)21(26)20-13-16-3-1-2-4-19(16)27-20/h1-8,13,18H,9-12H2. The number of hydrogen-bond acceptors (Lipinski definition) is 4. The van der Waals surface area contributed by atoms with E-state index < -0.39 is 6.04 Å². The first kappa shape index (κ1) is 17.3. The van der Waals surface area contributed by atoms with Crippen molar-refractivity contribution in [2.45, 2.75) is 6.04 Å². The number of hydrogen-bond donors (Lipinski definition) is 0. The molecule has 0 N–H and O–H groups in total. The predicted octanol–water partition coefficient (Wildman–Crippen LogP) is 3.59. The van der Waals surface area contributed by atoms with Crippen molar-refractivity contribution in [2.24, 2.45) is 0 Å². The summed E-state index contributed by atoms with van der Waals surface area (Å²) in [6.45, 7) is 2.16. The van der Waals surface area contributed by atoms with E-state index in [1.807, 2.05) is 29.2 Å². The lowest BCUT2D eigenvalue weighted by Gasteiger charge is -2.36. The number of amides is 1. The van der Waals surface area contributed by atoms with Gasteiger partial charge in [0, 0.05) is 31.6 Å². The molecule has 2 heterocycles. The van der Waals surface area contributed by atoms with Crippen molar-refractivity contribution >= 4 is 16.9 Å². The number of nitriles is 1. The molecule has 1 atom stereocenters. The number of para-hydroxylation sites is 1. The van der Waals surface area contributed by atoms with E-state index in [1.54, 1.807) is 23.1 Å². The van der Waals surface area contributed by atoms with Crippen molar-refractivity contribution in [2.75, 3.05) is 26.2 Å². The number of rotatable bonds is 3. The molecule has 1 saturated heterocycles. The molecule has 0 radical (unpaired) electrons. The molecule has 5 nitrogen and oxygen atoms in total. The Morgan fingerprint density at radius 1 is 1.07 bits per heavy atom. The van der Waals surface area contributed by atoms with Gasteiger partial charge < -0.3 is 9.32 Å². The highest BCUT2D eigenvalue weighted by Gasteiger charge is 2.28. The molecular formula is C21H18FN3O2. The van der Waals surface area contributed by atoms with Gasteiger partial charge in [0.15, 0.2) is 5.76 Å². The van der Waals surface area contributed by atoms with Crippen LogP contribution in [0.1, 0.15) is 22.2 Å². The molecule has 27 heavy (non-hydrogen) atoms. The Balaban J connectivity index is 1.44. The molecule has 1 unspecified atom stereocenters. The molecule has 2 aromatic carbocycles. The summed E-state index contributed by atoms with van der Waals surface area (Å²) in [7, 11) is 0. The first-order valence-electron chi connectivity index (χ1n) is 8.83. The third-order valence-corrected chi connectivity index (χ3v) is 4.91. The molecule has 0 saturated carbocycles. The molecule has 1 fully saturated rings. The number of nitrogens with zero attached hydrogens (tertiary/aromatic N) is 3. The number of furan rings is 1. The van der Waals surface area contributed by atoms with Crippen LogP contribution in [0.25, 0.3) is 11.0 Å². The van der Waals surface area contributed by atoms with Gasteiger partial charge in [0.25, 0.3) is 5.91 Å². The Bertz CT molecular complexity index is 965.